The van der Waals surface area contributed by atoms with Crippen LogP contribution in [0.1, 0.15) is 18.4 Å². The number of anilines is 1. The van der Waals surface area contributed by atoms with E-state index in [2.05, 4.69) is 46.2 Å². The molecule has 0 unspecified atom stereocenters. The number of hydrogen-bond acceptors (Lipinski definition) is 3. The first-order valence-corrected chi connectivity index (χ1v) is 9.28. The van der Waals surface area contributed by atoms with Crippen LogP contribution in [-0.4, -0.2) is 31.0 Å². The van der Waals surface area contributed by atoms with E-state index in [1.54, 1.807) is 12.0 Å². The van der Waals surface area contributed by atoms with E-state index < -0.39 is 0 Å². The standard InChI is InChI=1S/C20H24N4OS/c1-25-19-10-6-5-9-18(19)21-20(26)23-22-17-11-13-24(14-12-17)15-16-7-3-2-4-8-16/h2-10H,11-15H2,1H3,(H2,21,23,26)/p+1. The number of rotatable bonds is 5. The van der Waals surface area contributed by atoms with Gasteiger partial charge in [0, 0.05) is 24.1 Å². The lowest BCUT2D eigenvalue weighted by Crippen LogP contribution is -3.11. The molecule has 1 aliphatic heterocycles. The van der Waals surface area contributed by atoms with Crippen molar-refractivity contribution in [2.24, 2.45) is 5.10 Å². The molecule has 3 N–H and O–H groups in total. The van der Waals surface area contributed by atoms with Crippen molar-refractivity contribution in [3.63, 3.8) is 0 Å². The number of hydrogen-bond donors (Lipinski definition) is 3. The first kappa shape index (κ1) is 18.4. The number of thiocarbonyl (C=S) groups is 1. The molecular formula is C20H25N4OS+. The number of para-hydroxylation sites is 2. The van der Waals surface area contributed by atoms with Gasteiger partial charge in [-0.05, 0) is 24.4 Å². The average Bonchev–Trinajstić information content (AvgIpc) is 2.69. The number of likely N-dealkylation sites (tertiary alicyclic amines) is 1. The molecule has 26 heavy (non-hydrogen) atoms. The van der Waals surface area contributed by atoms with E-state index in [1.807, 2.05) is 24.3 Å². The number of ether oxygens (including phenoxy) is 1. The summed E-state index contributed by atoms with van der Waals surface area (Å²) in [6.07, 6.45) is 1.98. The van der Waals surface area contributed by atoms with Crippen LogP contribution in [0.15, 0.2) is 59.7 Å². The number of hydrazone groups is 1. The Morgan fingerprint density at radius 2 is 1.77 bits per heavy atom. The van der Waals surface area contributed by atoms with Gasteiger partial charge in [-0.3, -0.25) is 5.43 Å². The van der Waals surface area contributed by atoms with Gasteiger partial charge in [-0.25, -0.2) is 0 Å². The molecule has 2 aromatic carbocycles. The number of benzene rings is 2. The van der Waals surface area contributed by atoms with E-state index in [9.17, 15) is 0 Å². The summed E-state index contributed by atoms with van der Waals surface area (Å²) in [6.45, 7) is 3.28. The molecule has 1 heterocycles. The number of methoxy groups -OCH3 is 1. The molecule has 0 radical (unpaired) electrons. The highest BCUT2D eigenvalue weighted by Gasteiger charge is 2.18. The van der Waals surface area contributed by atoms with Crippen LogP contribution in [0.3, 0.4) is 0 Å². The summed E-state index contributed by atoms with van der Waals surface area (Å²) in [5, 5.41) is 8.08. The number of quaternary nitrogens is 1. The van der Waals surface area contributed by atoms with Crippen LogP contribution < -0.4 is 20.4 Å². The maximum atomic E-state index is 5.33. The maximum absolute atomic E-state index is 5.33. The molecule has 1 saturated heterocycles. The molecule has 6 heteroatoms. The van der Waals surface area contributed by atoms with E-state index in [4.69, 9.17) is 17.0 Å². The minimum Gasteiger partial charge on any atom is -0.495 e. The van der Waals surface area contributed by atoms with Crippen molar-refractivity contribution >= 4 is 28.7 Å². The van der Waals surface area contributed by atoms with E-state index in [-0.39, 0.29) is 0 Å². The highest BCUT2D eigenvalue weighted by atomic mass is 32.1. The maximum Gasteiger partial charge on any atom is 0.191 e. The summed E-state index contributed by atoms with van der Waals surface area (Å²) in [5.41, 5.74) is 6.35. The zero-order valence-electron chi connectivity index (χ0n) is 15.0. The van der Waals surface area contributed by atoms with Crippen molar-refractivity contribution < 1.29 is 9.64 Å². The molecule has 0 aromatic heterocycles. The van der Waals surface area contributed by atoms with Gasteiger partial charge in [-0.1, -0.05) is 42.5 Å². The Balaban J connectivity index is 1.46. The Hall–Kier alpha value is -2.44. The molecule has 0 amide bonds. The van der Waals surface area contributed by atoms with Crippen molar-refractivity contribution in [2.45, 2.75) is 19.4 Å². The quantitative estimate of drug-likeness (QED) is 0.559. The summed E-state index contributed by atoms with van der Waals surface area (Å²) in [6, 6.07) is 18.3. The van der Waals surface area contributed by atoms with Crippen LogP contribution in [0, 0.1) is 0 Å². The van der Waals surface area contributed by atoms with Gasteiger partial charge in [-0.15, -0.1) is 0 Å². The van der Waals surface area contributed by atoms with Crippen LogP contribution >= 0.6 is 12.2 Å². The van der Waals surface area contributed by atoms with E-state index in [0.717, 1.165) is 43.9 Å². The largest absolute Gasteiger partial charge is 0.495 e. The Bertz CT molecular complexity index is 753. The minimum atomic E-state index is 0.473. The van der Waals surface area contributed by atoms with Gasteiger partial charge in [0.15, 0.2) is 5.11 Å². The van der Waals surface area contributed by atoms with Gasteiger partial charge in [0.2, 0.25) is 0 Å². The Labute approximate surface area is 160 Å². The van der Waals surface area contributed by atoms with Crippen molar-refractivity contribution in [1.82, 2.24) is 5.43 Å². The Kier molecular flexibility index (Phi) is 6.57. The van der Waals surface area contributed by atoms with E-state index in [0.29, 0.717) is 5.11 Å². The molecule has 0 aliphatic carbocycles. The minimum absolute atomic E-state index is 0.473. The highest BCUT2D eigenvalue weighted by molar-refractivity contribution is 7.80. The second-order valence-corrected chi connectivity index (χ2v) is 6.76. The van der Waals surface area contributed by atoms with Gasteiger partial charge in [-0.2, -0.15) is 5.10 Å². The van der Waals surface area contributed by atoms with Gasteiger partial charge in [0.25, 0.3) is 0 Å². The van der Waals surface area contributed by atoms with Gasteiger partial charge in [0.05, 0.1) is 25.9 Å². The first-order valence-electron chi connectivity index (χ1n) is 8.87. The number of piperidine rings is 1. The van der Waals surface area contributed by atoms with Crippen molar-refractivity contribution in [2.75, 3.05) is 25.5 Å². The number of nitrogens with one attached hydrogen (secondary N) is 3. The van der Waals surface area contributed by atoms with Crippen LogP contribution in [0.2, 0.25) is 0 Å². The summed E-state index contributed by atoms with van der Waals surface area (Å²) >= 11 is 5.33. The van der Waals surface area contributed by atoms with Gasteiger partial charge >= 0.3 is 0 Å². The molecule has 1 aliphatic rings. The second kappa shape index (κ2) is 9.31. The summed E-state index contributed by atoms with van der Waals surface area (Å²) in [5.74, 6) is 0.752. The fraction of sp³-hybridized carbons (Fsp3) is 0.300. The normalized spacial score (nSPS) is 16.7. The lowest BCUT2D eigenvalue weighted by atomic mass is 10.1. The third-order valence-electron chi connectivity index (χ3n) is 4.50. The summed E-state index contributed by atoms with van der Waals surface area (Å²) < 4.78 is 5.31. The molecule has 3 rings (SSSR count). The monoisotopic (exact) mass is 369 g/mol. The Morgan fingerprint density at radius 3 is 2.50 bits per heavy atom. The number of nitrogens with zero attached hydrogens (tertiary/aromatic N) is 1. The molecule has 0 spiro atoms. The van der Waals surface area contributed by atoms with Crippen LogP contribution in [0.4, 0.5) is 5.69 Å². The van der Waals surface area contributed by atoms with Crippen molar-refractivity contribution in [3.05, 3.63) is 60.2 Å². The SMILES string of the molecule is COc1ccccc1NC(=S)NN=C1CC[NH+](Cc2ccccc2)CC1. The zero-order chi connectivity index (χ0) is 18.2. The predicted molar refractivity (Wildman–Crippen MR) is 110 cm³/mol. The summed E-state index contributed by atoms with van der Waals surface area (Å²) in [7, 11) is 1.64. The zero-order valence-corrected chi connectivity index (χ0v) is 15.8. The molecular weight excluding hydrogens is 344 g/mol. The molecule has 0 atom stereocenters. The van der Waals surface area contributed by atoms with E-state index >= 15 is 0 Å². The highest BCUT2D eigenvalue weighted by Crippen LogP contribution is 2.22. The predicted octanol–water partition coefficient (Wildman–Crippen LogP) is 2.22. The van der Waals surface area contributed by atoms with Crippen LogP contribution in [-0.2, 0) is 6.54 Å². The fourth-order valence-corrected chi connectivity index (χ4v) is 3.25. The van der Waals surface area contributed by atoms with E-state index in [1.165, 1.54) is 11.3 Å². The summed E-state index contributed by atoms with van der Waals surface area (Å²) in [4.78, 5) is 1.60. The fourth-order valence-electron chi connectivity index (χ4n) is 3.09. The molecule has 1 fully saturated rings. The smallest absolute Gasteiger partial charge is 0.191 e. The van der Waals surface area contributed by atoms with Crippen molar-refractivity contribution in [3.8, 4) is 5.75 Å². The third kappa shape index (κ3) is 5.28. The topological polar surface area (TPSA) is 50.1 Å². The molecule has 136 valence electrons. The second-order valence-electron chi connectivity index (χ2n) is 6.36. The van der Waals surface area contributed by atoms with Crippen LogP contribution in [0.5, 0.6) is 5.75 Å². The first-order chi connectivity index (χ1) is 12.7. The third-order valence-corrected chi connectivity index (χ3v) is 4.70. The lowest BCUT2D eigenvalue weighted by Gasteiger charge is -2.24. The average molecular weight is 370 g/mol. The van der Waals surface area contributed by atoms with Crippen molar-refractivity contribution in [1.29, 1.82) is 0 Å². The van der Waals surface area contributed by atoms with Gasteiger partial charge < -0.3 is 15.0 Å². The Morgan fingerprint density at radius 1 is 1.08 bits per heavy atom. The lowest BCUT2D eigenvalue weighted by molar-refractivity contribution is -0.914. The molecule has 2 aromatic rings. The molecule has 5 nitrogen and oxygen atoms in total. The molecule has 0 saturated carbocycles. The van der Waals surface area contributed by atoms with Crippen LogP contribution in [0.25, 0.3) is 0 Å². The molecule has 0 bridgehead atoms. The van der Waals surface area contributed by atoms with Gasteiger partial charge in [0.1, 0.15) is 12.3 Å².